The number of ether oxygens (including phenoxy) is 1. The molecular weight excluding hydrogens is 241 g/mol. The van der Waals surface area contributed by atoms with Gasteiger partial charge >= 0.3 is 0 Å². The van der Waals surface area contributed by atoms with E-state index in [9.17, 15) is 4.39 Å². The first-order valence-electron chi connectivity index (χ1n) is 6.40. The van der Waals surface area contributed by atoms with Gasteiger partial charge in [0.1, 0.15) is 5.82 Å². The topological polar surface area (TPSA) is 35.2 Å². The van der Waals surface area contributed by atoms with Gasteiger partial charge in [0.25, 0.3) is 0 Å². The third-order valence-electron chi connectivity index (χ3n) is 3.06. The van der Waals surface area contributed by atoms with Crippen molar-refractivity contribution in [1.29, 1.82) is 0 Å². The van der Waals surface area contributed by atoms with Crippen LogP contribution in [0.25, 0.3) is 11.1 Å². The summed E-state index contributed by atoms with van der Waals surface area (Å²) < 4.78 is 18.8. The first kappa shape index (κ1) is 13.7. The van der Waals surface area contributed by atoms with Crippen molar-refractivity contribution in [3.05, 3.63) is 59.4 Å². The summed E-state index contributed by atoms with van der Waals surface area (Å²) >= 11 is 0. The molecule has 0 unspecified atom stereocenters. The Balaban J connectivity index is 2.48. The fraction of sp³-hybridized carbons (Fsp3) is 0.250. The maximum Gasteiger partial charge on any atom is 0.123 e. The van der Waals surface area contributed by atoms with Crippen LogP contribution in [0, 0.1) is 5.82 Å². The fourth-order valence-corrected chi connectivity index (χ4v) is 2.12. The van der Waals surface area contributed by atoms with E-state index in [-0.39, 0.29) is 5.82 Å². The number of hydrogen-bond donors (Lipinski definition) is 1. The van der Waals surface area contributed by atoms with Crippen LogP contribution >= 0.6 is 0 Å². The molecule has 100 valence electrons. The Morgan fingerprint density at radius 2 is 1.79 bits per heavy atom. The van der Waals surface area contributed by atoms with Gasteiger partial charge in [-0.05, 0) is 41.3 Å². The molecule has 0 aromatic heterocycles. The van der Waals surface area contributed by atoms with Crippen LogP contribution in [0.2, 0.25) is 0 Å². The Bertz CT molecular complexity index is 554. The first-order chi connectivity index (χ1) is 9.26. The van der Waals surface area contributed by atoms with Crippen molar-refractivity contribution in [1.82, 2.24) is 0 Å². The molecule has 0 aliphatic rings. The molecule has 0 atom stereocenters. The van der Waals surface area contributed by atoms with E-state index in [1.165, 1.54) is 12.1 Å². The molecule has 2 nitrogen and oxygen atoms in total. The molecule has 0 aliphatic heterocycles. The lowest BCUT2D eigenvalue weighted by Crippen LogP contribution is -2.01. The van der Waals surface area contributed by atoms with Crippen LogP contribution in [0.15, 0.2) is 42.5 Å². The molecule has 0 radical (unpaired) electrons. The summed E-state index contributed by atoms with van der Waals surface area (Å²) in [5.74, 6) is -0.247. The molecule has 0 heterocycles. The largest absolute Gasteiger partial charge is 0.377 e. The number of rotatable bonds is 5. The van der Waals surface area contributed by atoms with Gasteiger partial charge in [0.2, 0.25) is 0 Å². The van der Waals surface area contributed by atoms with Gasteiger partial charge in [-0.15, -0.1) is 0 Å². The van der Waals surface area contributed by atoms with E-state index in [2.05, 4.69) is 0 Å². The summed E-state index contributed by atoms with van der Waals surface area (Å²) in [6.07, 6.45) is 0. The van der Waals surface area contributed by atoms with Crippen molar-refractivity contribution in [3.63, 3.8) is 0 Å². The second kappa shape index (κ2) is 6.45. The van der Waals surface area contributed by atoms with E-state index in [1.807, 2.05) is 31.2 Å². The predicted molar refractivity (Wildman–Crippen MR) is 75.1 cm³/mol. The second-order valence-electron chi connectivity index (χ2n) is 4.30. The van der Waals surface area contributed by atoms with Crippen molar-refractivity contribution in [2.75, 3.05) is 6.61 Å². The van der Waals surface area contributed by atoms with Crippen LogP contribution in [-0.4, -0.2) is 6.61 Å². The van der Waals surface area contributed by atoms with E-state index in [0.717, 1.165) is 22.3 Å². The smallest absolute Gasteiger partial charge is 0.123 e. The normalized spacial score (nSPS) is 10.7. The predicted octanol–water partition coefficient (Wildman–Crippen LogP) is 3.49. The van der Waals surface area contributed by atoms with Crippen LogP contribution in [0.1, 0.15) is 18.1 Å². The van der Waals surface area contributed by atoms with Crippen LogP contribution in [0.3, 0.4) is 0 Å². The molecule has 0 fully saturated rings. The summed E-state index contributed by atoms with van der Waals surface area (Å²) in [4.78, 5) is 0. The van der Waals surface area contributed by atoms with E-state index in [1.54, 1.807) is 6.07 Å². The van der Waals surface area contributed by atoms with E-state index >= 15 is 0 Å². The van der Waals surface area contributed by atoms with Gasteiger partial charge < -0.3 is 10.5 Å². The zero-order valence-corrected chi connectivity index (χ0v) is 11.0. The Kier molecular flexibility index (Phi) is 4.66. The highest BCUT2D eigenvalue weighted by Gasteiger charge is 2.09. The van der Waals surface area contributed by atoms with Crippen molar-refractivity contribution < 1.29 is 9.13 Å². The first-order valence-corrected chi connectivity index (χ1v) is 6.40. The van der Waals surface area contributed by atoms with E-state index < -0.39 is 0 Å². The molecule has 2 aromatic carbocycles. The van der Waals surface area contributed by atoms with Crippen molar-refractivity contribution >= 4 is 0 Å². The molecule has 0 aliphatic carbocycles. The molecule has 2 N–H and O–H groups in total. The minimum Gasteiger partial charge on any atom is -0.377 e. The Morgan fingerprint density at radius 3 is 2.53 bits per heavy atom. The molecule has 19 heavy (non-hydrogen) atoms. The Hall–Kier alpha value is -1.71. The molecule has 3 heteroatoms. The third-order valence-corrected chi connectivity index (χ3v) is 3.06. The maximum atomic E-state index is 13.4. The van der Waals surface area contributed by atoms with E-state index in [0.29, 0.717) is 19.8 Å². The lowest BCUT2D eigenvalue weighted by Gasteiger charge is -2.13. The molecule has 0 amide bonds. The lowest BCUT2D eigenvalue weighted by molar-refractivity contribution is 0.134. The summed E-state index contributed by atoms with van der Waals surface area (Å²) in [7, 11) is 0. The third kappa shape index (κ3) is 3.19. The summed E-state index contributed by atoms with van der Waals surface area (Å²) in [6, 6.07) is 12.7. The van der Waals surface area contributed by atoms with Gasteiger partial charge in [0.05, 0.1) is 6.61 Å². The molecule has 2 aromatic rings. The highest BCUT2D eigenvalue weighted by molar-refractivity contribution is 5.70. The zero-order valence-electron chi connectivity index (χ0n) is 11.0. The minimum absolute atomic E-state index is 0.247. The van der Waals surface area contributed by atoms with Gasteiger partial charge in [-0.1, -0.05) is 30.3 Å². The second-order valence-corrected chi connectivity index (χ2v) is 4.30. The summed E-state index contributed by atoms with van der Waals surface area (Å²) in [5, 5.41) is 0. The number of hydrogen-bond acceptors (Lipinski definition) is 2. The quantitative estimate of drug-likeness (QED) is 0.892. The Morgan fingerprint density at radius 1 is 1.05 bits per heavy atom. The van der Waals surface area contributed by atoms with Crippen molar-refractivity contribution in [3.8, 4) is 11.1 Å². The minimum atomic E-state index is -0.247. The average molecular weight is 259 g/mol. The van der Waals surface area contributed by atoms with Crippen molar-refractivity contribution in [2.24, 2.45) is 5.73 Å². The number of halogens is 1. The van der Waals surface area contributed by atoms with Crippen LogP contribution in [-0.2, 0) is 17.9 Å². The molecule has 0 spiro atoms. The highest BCUT2D eigenvalue weighted by atomic mass is 19.1. The summed E-state index contributed by atoms with van der Waals surface area (Å²) in [6.45, 7) is 3.39. The molecule has 0 saturated heterocycles. The van der Waals surface area contributed by atoms with Gasteiger partial charge in [0.15, 0.2) is 0 Å². The molecule has 0 bridgehead atoms. The average Bonchev–Trinajstić information content (AvgIpc) is 2.45. The van der Waals surface area contributed by atoms with Gasteiger partial charge in [0, 0.05) is 13.2 Å². The van der Waals surface area contributed by atoms with Gasteiger partial charge in [-0.25, -0.2) is 4.39 Å². The van der Waals surface area contributed by atoms with Crippen LogP contribution in [0.5, 0.6) is 0 Å². The molecule has 0 saturated carbocycles. The van der Waals surface area contributed by atoms with Gasteiger partial charge in [-0.3, -0.25) is 0 Å². The van der Waals surface area contributed by atoms with Crippen LogP contribution < -0.4 is 5.73 Å². The monoisotopic (exact) mass is 259 g/mol. The number of nitrogens with two attached hydrogens (primary N) is 1. The highest BCUT2D eigenvalue weighted by Crippen LogP contribution is 2.28. The van der Waals surface area contributed by atoms with E-state index in [4.69, 9.17) is 10.5 Å². The standard InChI is InChI=1S/C16H18FNO/c1-2-19-11-13-9-14(17)7-8-16(13)15-6-4-3-5-12(15)10-18/h3-9H,2,10-11,18H2,1H3. The SMILES string of the molecule is CCOCc1cc(F)ccc1-c1ccccc1CN. The summed E-state index contributed by atoms with van der Waals surface area (Å²) in [5.41, 5.74) is 9.68. The maximum absolute atomic E-state index is 13.4. The van der Waals surface area contributed by atoms with Crippen molar-refractivity contribution in [2.45, 2.75) is 20.1 Å². The zero-order chi connectivity index (χ0) is 13.7. The molecular formula is C16H18FNO. The Labute approximate surface area is 113 Å². The van der Waals surface area contributed by atoms with Gasteiger partial charge in [-0.2, -0.15) is 0 Å². The fourth-order valence-electron chi connectivity index (χ4n) is 2.12. The molecule has 2 rings (SSSR count). The lowest BCUT2D eigenvalue weighted by atomic mass is 9.95. The van der Waals surface area contributed by atoms with Crippen LogP contribution in [0.4, 0.5) is 4.39 Å². The number of benzene rings is 2.